The Morgan fingerprint density at radius 2 is 2.05 bits per heavy atom. The number of thiazole rings is 1. The maximum absolute atomic E-state index is 13.0. The average molecular weight is 292 g/mol. The van der Waals surface area contributed by atoms with Crippen LogP contribution < -0.4 is 10.6 Å². The van der Waals surface area contributed by atoms with Crippen LogP contribution in [0.5, 0.6) is 0 Å². The first-order valence-electron chi connectivity index (χ1n) is 6.63. The zero-order valence-electron chi connectivity index (χ0n) is 11.1. The first-order valence-corrected chi connectivity index (χ1v) is 7.51. The van der Waals surface area contributed by atoms with Crippen molar-refractivity contribution in [2.45, 2.75) is 6.54 Å². The molecule has 0 amide bonds. The Morgan fingerprint density at radius 1 is 1.25 bits per heavy atom. The summed E-state index contributed by atoms with van der Waals surface area (Å²) in [7, 11) is 0. The van der Waals surface area contributed by atoms with E-state index < -0.39 is 0 Å². The molecule has 6 heteroatoms. The second-order valence-corrected chi connectivity index (χ2v) is 5.79. The monoisotopic (exact) mass is 292 g/mol. The number of nitrogens with two attached hydrogens (primary N) is 1. The van der Waals surface area contributed by atoms with Crippen LogP contribution in [0.15, 0.2) is 29.8 Å². The molecule has 4 nitrogen and oxygen atoms in total. The first kappa shape index (κ1) is 13.3. The van der Waals surface area contributed by atoms with E-state index in [0.717, 1.165) is 43.4 Å². The topological polar surface area (TPSA) is 45.4 Å². The van der Waals surface area contributed by atoms with Gasteiger partial charge in [0.2, 0.25) is 0 Å². The quantitative estimate of drug-likeness (QED) is 0.881. The third kappa shape index (κ3) is 2.91. The highest BCUT2D eigenvalue weighted by molar-refractivity contribution is 7.13. The molecule has 0 bridgehead atoms. The predicted octanol–water partition coefficient (Wildman–Crippen LogP) is 2.19. The van der Waals surface area contributed by atoms with Crippen molar-refractivity contribution >= 4 is 22.2 Å². The molecule has 1 saturated heterocycles. The van der Waals surface area contributed by atoms with Crippen LogP contribution in [0.4, 0.5) is 15.2 Å². The van der Waals surface area contributed by atoms with Crippen LogP contribution in [0.1, 0.15) is 5.56 Å². The summed E-state index contributed by atoms with van der Waals surface area (Å²) in [5.74, 6) is -0.278. The molecule has 2 aromatic rings. The van der Waals surface area contributed by atoms with Gasteiger partial charge in [0.15, 0.2) is 5.13 Å². The molecule has 0 spiro atoms. The summed E-state index contributed by atoms with van der Waals surface area (Å²) in [6.07, 6.45) is 1.84. The van der Waals surface area contributed by atoms with Crippen molar-refractivity contribution in [2.75, 3.05) is 36.8 Å². The lowest BCUT2D eigenvalue weighted by molar-refractivity contribution is 0.250. The number of aromatic nitrogens is 1. The molecular weight excluding hydrogens is 275 g/mol. The third-order valence-electron chi connectivity index (χ3n) is 3.56. The maximum Gasteiger partial charge on any atom is 0.185 e. The molecule has 2 N–H and O–H groups in total. The van der Waals surface area contributed by atoms with Crippen molar-refractivity contribution in [3.8, 4) is 0 Å². The Labute approximate surface area is 121 Å². The molecule has 1 aliphatic rings. The minimum atomic E-state index is -0.278. The summed E-state index contributed by atoms with van der Waals surface area (Å²) < 4.78 is 13.0. The van der Waals surface area contributed by atoms with Gasteiger partial charge >= 0.3 is 0 Å². The molecule has 0 atom stereocenters. The summed E-state index contributed by atoms with van der Waals surface area (Å²) >= 11 is 1.67. The highest BCUT2D eigenvalue weighted by Gasteiger charge is 2.19. The van der Waals surface area contributed by atoms with Crippen LogP contribution in [0.2, 0.25) is 0 Å². The number of benzene rings is 1. The fourth-order valence-electron chi connectivity index (χ4n) is 2.42. The number of hydrogen-bond acceptors (Lipinski definition) is 5. The molecule has 3 rings (SSSR count). The number of halogens is 1. The molecule has 0 radical (unpaired) electrons. The van der Waals surface area contributed by atoms with Crippen molar-refractivity contribution < 1.29 is 4.39 Å². The smallest absolute Gasteiger partial charge is 0.185 e. The van der Waals surface area contributed by atoms with Crippen LogP contribution in [0.3, 0.4) is 0 Å². The van der Waals surface area contributed by atoms with E-state index in [1.54, 1.807) is 17.4 Å². The van der Waals surface area contributed by atoms with Crippen LogP contribution in [0, 0.1) is 5.82 Å². The standard InChI is InChI=1S/C14H17FN4S/c15-12-2-1-11(13(16)9-12)10-18-4-6-19(7-5-18)14-17-3-8-20-14/h1-3,8-9H,4-7,10,16H2. The highest BCUT2D eigenvalue weighted by atomic mass is 32.1. The van der Waals surface area contributed by atoms with Crippen molar-refractivity contribution in [2.24, 2.45) is 0 Å². The molecule has 20 heavy (non-hydrogen) atoms. The fourth-order valence-corrected chi connectivity index (χ4v) is 3.12. The van der Waals surface area contributed by atoms with Crippen molar-refractivity contribution in [3.05, 3.63) is 41.2 Å². The molecule has 1 fully saturated rings. The van der Waals surface area contributed by atoms with Crippen LogP contribution >= 0.6 is 11.3 Å². The summed E-state index contributed by atoms with van der Waals surface area (Å²) in [6.45, 7) is 4.65. The maximum atomic E-state index is 13.0. The van der Waals surface area contributed by atoms with Crippen molar-refractivity contribution in [1.82, 2.24) is 9.88 Å². The van der Waals surface area contributed by atoms with Gasteiger partial charge < -0.3 is 10.6 Å². The van der Waals surface area contributed by atoms with Crippen molar-refractivity contribution in [1.29, 1.82) is 0 Å². The minimum absolute atomic E-state index is 0.278. The molecule has 0 saturated carbocycles. The molecular formula is C14H17FN4S. The van der Waals surface area contributed by atoms with E-state index in [1.165, 1.54) is 12.1 Å². The van der Waals surface area contributed by atoms with Gasteiger partial charge in [0, 0.05) is 50.0 Å². The number of anilines is 2. The van der Waals surface area contributed by atoms with Gasteiger partial charge in [-0.05, 0) is 17.7 Å². The Hall–Kier alpha value is -1.66. The molecule has 2 heterocycles. The number of nitrogens with zero attached hydrogens (tertiary/aromatic N) is 3. The fraction of sp³-hybridized carbons (Fsp3) is 0.357. The van der Waals surface area contributed by atoms with E-state index in [2.05, 4.69) is 14.8 Å². The van der Waals surface area contributed by atoms with E-state index in [9.17, 15) is 4.39 Å². The van der Waals surface area contributed by atoms with Crippen molar-refractivity contribution in [3.63, 3.8) is 0 Å². The van der Waals surface area contributed by atoms with Gasteiger partial charge in [-0.25, -0.2) is 9.37 Å². The SMILES string of the molecule is Nc1cc(F)ccc1CN1CCN(c2nccs2)CC1. The Balaban J connectivity index is 1.58. The summed E-state index contributed by atoms with van der Waals surface area (Å²) in [5.41, 5.74) is 7.39. The van der Waals surface area contributed by atoms with Crippen LogP contribution in [-0.2, 0) is 6.54 Å². The predicted molar refractivity (Wildman–Crippen MR) is 80.4 cm³/mol. The molecule has 106 valence electrons. The van der Waals surface area contributed by atoms with E-state index in [0.29, 0.717) is 5.69 Å². The van der Waals surface area contributed by atoms with Gasteiger partial charge in [-0.3, -0.25) is 4.90 Å². The number of nitrogen functional groups attached to an aromatic ring is 1. The second-order valence-electron chi connectivity index (χ2n) is 4.92. The molecule has 1 aromatic heterocycles. The van der Waals surface area contributed by atoms with Crippen LogP contribution in [-0.4, -0.2) is 36.1 Å². The number of hydrogen-bond donors (Lipinski definition) is 1. The third-order valence-corrected chi connectivity index (χ3v) is 4.40. The van der Waals surface area contributed by atoms with Gasteiger partial charge in [-0.1, -0.05) is 6.07 Å². The Bertz CT molecular complexity index is 565. The average Bonchev–Trinajstić information content (AvgIpc) is 2.97. The Kier molecular flexibility index (Phi) is 3.84. The number of piperazine rings is 1. The molecule has 1 aromatic carbocycles. The molecule has 1 aliphatic heterocycles. The molecule has 0 unspecified atom stereocenters. The van der Waals surface area contributed by atoms with Gasteiger partial charge in [-0.2, -0.15) is 0 Å². The van der Waals surface area contributed by atoms with E-state index >= 15 is 0 Å². The lowest BCUT2D eigenvalue weighted by atomic mass is 10.1. The zero-order valence-corrected chi connectivity index (χ0v) is 11.9. The lowest BCUT2D eigenvalue weighted by Gasteiger charge is -2.34. The normalized spacial score (nSPS) is 16.6. The highest BCUT2D eigenvalue weighted by Crippen LogP contribution is 2.21. The van der Waals surface area contributed by atoms with Gasteiger partial charge in [-0.15, -0.1) is 11.3 Å². The lowest BCUT2D eigenvalue weighted by Crippen LogP contribution is -2.46. The van der Waals surface area contributed by atoms with Gasteiger partial charge in [0.05, 0.1) is 0 Å². The first-order chi connectivity index (χ1) is 9.72. The minimum Gasteiger partial charge on any atom is -0.398 e. The Morgan fingerprint density at radius 3 is 2.70 bits per heavy atom. The van der Waals surface area contributed by atoms with Crippen LogP contribution in [0.25, 0.3) is 0 Å². The number of rotatable bonds is 3. The summed E-state index contributed by atoms with van der Waals surface area (Å²) in [6, 6.07) is 4.64. The zero-order chi connectivity index (χ0) is 13.9. The molecule has 0 aliphatic carbocycles. The van der Waals surface area contributed by atoms with Gasteiger partial charge in [0.25, 0.3) is 0 Å². The van der Waals surface area contributed by atoms with E-state index in [-0.39, 0.29) is 5.82 Å². The van der Waals surface area contributed by atoms with E-state index in [4.69, 9.17) is 5.73 Å². The second kappa shape index (κ2) is 5.76. The van der Waals surface area contributed by atoms with E-state index in [1.807, 2.05) is 11.6 Å². The summed E-state index contributed by atoms with van der Waals surface area (Å²) in [4.78, 5) is 8.98. The van der Waals surface area contributed by atoms with Gasteiger partial charge in [0.1, 0.15) is 5.82 Å². The summed E-state index contributed by atoms with van der Waals surface area (Å²) in [5, 5.41) is 3.09. The largest absolute Gasteiger partial charge is 0.398 e.